The maximum Gasteiger partial charge on any atom is 0.229 e. The number of hydrogen-bond donors (Lipinski definition) is 1. The minimum absolute atomic E-state index is 0.138. The van der Waals surface area contributed by atoms with E-state index in [4.69, 9.17) is 5.73 Å². The Morgan fingerprint density at radius 2 is 2.19 bits per heavy atom. The Bertz CT molecular complexity index is 475. The topological polar surface area (TPSA) is 52.3 Å². The first-order valence-corrected chi connectivity index (χ1v) is 4.34. The molecule has 0 fully saturated rings. The van der Waals surface area contributed by atoms with E-state index in [0.717, 1.165) is 6.07 Å². The summed E-state index contributed by atoms with van der Waals surface area (Å²) in [5, 5.41) is 0. The van der Waals surface area contributed by atoms with E-state index in [0.29, 0.717) is 0 Å². The van der Waals surface area contributed by atoms with E-state index in [1.54, 1.807) is 0 Å². The van der Waals surface area contributed by atoms with Crippen molar-refractivity contribution < 1.29 is 18.3 Å². The largest absolute Gasteiger partial charge is 0.494 e. The molecule has 0 bridgehead atoms. The average Bonchev–Trinajstić information content (AvgIpc) is 2.22. The fourth-order valence-corrected chi connectivity index (χ4v) is 1.02. The fraction of sp³-hybridized carbons (Fsp3) is 0.182. The summed E-state index contributed by atoms with van der Waals surface area (Å²) in [7, 11) is 1.22. The molecule has 3 nitrogen and oxygen atoms in total. The predicted octanol–water partition coefficient (Wildman–Crippen LogP) is 1.20. The van der Waals surface area contributed by atoms with E-state index < -0.39 is 17.5 Å². The quantitative estimate of drug-likeness (QED) is 0.769. The average molecular weight is 225 g/mol. The first-order chi connectivity index (χ1) is 7.54. The van der Waals surface area contributed by atoms with Gasteiger partial charge in [-0.2, -0.15) is 4.39 Å². The van der Waals surface area contributed by atoms with Crippen molar-refractivity contribution in [3.63, 3.8) is 0 Å². The van der Waals surface area contributed by atoms with Gasteiger partial charge in [-0.3, -0.25) is 4.79 Å². The second kappa shape index (κ2) is 5.12. The van der Waals surface area contributed by atoms with E-state index in [9.17, 15) is 13.6 Å². The number of nitrogens with two attached hydrogens (primary N) is 1. The van der Waals surface area contributed by atoms with Gasteiger partial charge in [0.15, 0.2) is 11.6 Å². The molecule has 0 aliphatic rings. The molecule has 1 aromatic rings. The summed E-state index contributed by atoms with van der Waals surface area (Å²) in [4.78, 5) is 10.4. The summed E-state index contributed by atoms with van der Waals surface area (Å²) in [6.45, 7) is 0. The van der Waals surface area contributed by atoms with Gasteiger partial charge in [0, 0.05) is 5.56 Å². The number of hydrogen-bond acceptors (Lipinski definition) is 2. The highest BCUT2D eigenvalue weighted by molar-refractivity contribution is 5.76. The lowest BCUT2D eigenvalue weighted by Gasteiger charge is -2.02. The summed E-state index contributed by atoms with van der Waals surface area (Å²) >= 11 is 0. The maximum atomic E-state index is 13.0. The molecule has 0 aromatic heterocycles. The number of halogens is 2. The Hall–Kier alpha value is -2.09. The Morgan fingerprint density at radius 3 is 2.75 bits per heavy atom. The van der Waals surface area contributed by atoms with Crippen molar-refractivity contribution >= 4 is 5.91 Å². The van der Waals surface area contributed by atoms with Gasteiger partial charge >= 0.3 is 0 Å². The molecule has 0 atom stereocenters. The minimum Gasteiger partial charge on any atom is -0.494 e. The van der Waals surface area contributed by atoms with Crippen LogP contribution in [0.3, 0.4) is 0 Å². The zero-order valence-electron chi connectivity index (χ0n) is 8.51. The molecular formula is C11H9F2NO2. The highest BCUT2D eigenvalue weighted by atomic mass is 19.2. The van der Waals surface area contributed by atoms with Crippen LogP contribution in [0, 0.1) is 23.5 Å². The molecule has 1 aromatic carbocycles. The van der Waals surface area contributed by atoms with E-state index in [1.807, 2.05) is 0 Å². The van der Waals surface area contributed by atoms with Gasteiger partial charge in [-0.25, -0.2) is 4.39 Å². The molecule has 0 saturated heterocycles. The molecule has 16 heavy (non-hydrogen) atoms. The Labute approximate surface area is 91.2 Å². The van der Waals surface area contributed by atoms with E-state index >= 15 is 0 Å². The van der Waals surface area contributed by atoms with Crippen LogP contribution in [-0.2, 0) is 4.79 Å². The second-order valence-corrected chi connectivity index (χ2v) is 2.92. The highest BCUT2D eigenvalue weighted by Crippen LogP contribution is 2.21. The van der Waals surface area contributed by atoms with Gasteiger partial charge in [-0.1, -0.05) is 11.8 Å². The van der Waals surface area contributed by atoms with Crippen molar-refractivity contribution in [1.82, 2.24) is 0 Å². The third-order valence-electron chi connectivity index (χ3n) is 1.71. The lowest BCUT2D eigenvalue weighted by Crippen LogP contribution is -2.08. The van der Waals surface area contributed by atoms with Crippen molar-refractivity contribution in [3.8, 4) is 17.6 Å². The van der Waals surface area contributed by atoms with Crippen molar-refractivity contribution in [2.75, 3.05) is 7.11 Å². The predicted molar refractivity (Wildman–Crippen MR) is 53.6 cm³/mol. The summed E-state index contributed by atoms with van der Waals surface area (Å²) in [6.07, 6.45) is -0.138. The first-order valence-electron chi connectivity index (χ1n) is 4.34. The zero-order valence-corrected chi connectivity index (χ0v) is 8.51. The van der Waals surface area contributed by atoms with Crippen molar-refractivity contribution in [1.29, 1.82) is 0 Å². The number of methoxy groups -OCH3 is 1. The Kier molecular flexibility index (Phi) is 3.84. The number of carbonyl (C=O) groups is 1. The normalized spacial score (nSPS) is 9.19. The monoisotopic (exact) mass is 225 g/mol. The van der Waals surface area contributed by atoms with Crippen molar-refractivity contribution in [2.45, 2.75) is 6.42 Å². The highest BCUT2D eigenvalue weighted by Gasteiger charge is 2.09. The van der Waals surface area contributed by atoms with Gasteiger partial charge in [-0.05, 0) is 12.1 Å². The van der Waals surface area contributed by atoms with E-state index in [2.05, 4.69) is 16.6 Å². The molecule has 84 valence electrons. The van der Waals surface area contributed by atoms with Crippen LogP contribution in [0.25, 0.3) is 0 Å². The molecule has 0 radical (unpaired) electrons. The summed E-state index contributed by atoms with van der Waals surface area (Å²) in [6, 6.07) is 2.16. The molecule has 1 amide bonds. The molecule has 0 aliphatic carbocycles. The van der Waals surface area contributed by atoms with Crippen LogP contribution < -0.4 is 10.5 Å². The number of amides is 1. The summed E-state index contributed by atoms with van der Waals surface area (Å²) in [5.41, 5.74) is 5.09. The standard InChI is InChI=1S/C11H9F2NO2/c1-16-9-6-7(3-2-4-10(14)15)5-8(12)11(9)13/h5-6H,4H2,1H3,(H2,14,15). The van der Waals surface area contributed by atoms with Crippen LogP contribution >= 0.6 is 0 Å². The summed E-state index contributed by atoms with van der Waals surface area (Å²) in [5.74, 6) is 1.98. The Morgan fingerprint density at radius 1 is 1.50 bits per heavy atom. The van der Waals surface area contributed by atoms with Crippen LogP contribution in [0.15, 0.2) is 12.1 Å². The number of carbonyl (C=O) groups excluding carboxylic acids is 1. The SMILES string of the molecule is COc1cc(C#CCC(N)=O)cc(F)c1F. The molecule has 1 rings (SSSR count). The molecular weight excluding hydrogens is 216 g/mol. The van der Waals surface area contributed by atoms with Gasteiger partial charge in [0.05, 0.1) is 13.5 Å². The van der Waals surface area contributed by atoms with E-state index in [-0.39, 0.29) is 17.7 Å². The first kappa shape index (κ1) is 12.0. The molecule has 0 saturated carbocycles. The van der Waals surface area contributed by atoms with Crippen LogP contribution in [0.1, 0.15) is 12.0 Å². The van der Waals surface area contributed by atoms with Crippen molar-refractivity contribution in [3.05, 3.63) is 29.3 Å². The van der Waals surface area contributed by atoms with Gasteiger partial charge in [0.25, 0.3) is 0 Å². The molecule has 0 spiro atoms. The fourth-order valence-electron chi connectivity index (χ4n) is 1.02. The molecule has 0 unspecified atom stereocenters. The summed E-state index contributed by atoms with van der Waals surface area (Å²) < 4.78 is 30.6. The molecule has 2 N–H and O–H groups in total. The van der Waals surface area contributed by atoms with Crippen LogP contribution in [0.5, 0.6) is 5.75 Å². The number of ether oxygens (including phenoxy) is 1. The second-order valence-electron chi connectivity index (χ2n) is 2.92. The van der Waals surface area contributed by atoms with Gasteiger partial charge in [-0.15, -0.1) is 0 Å². The zero-order chi connectivity index (χ0) is 12.1. The lowest BCUT2D eigenvalue weighted by molar-refractivity contribution is -0.117. The van der Waals surface area contributed by atoms with Crippen molar-refractivity contribution in [2.24, 2.45) is 5.73 Å². The van der Waals surface area contributed by atoms with Gasteiger partial charge in [0.1, 0.15) is 0 Å². The molecule has 0 heterocycles. The Balaban J connectivity index is 3.01. The molecule has 0 aliphatic heterocycles. The number of benzene rings is 1. The van der Waals surface area contributed by atoms with Crippen LogP contribution in [0.4, 0.5) is 8.78 Å². The third-order valence-corrected chi connectivity index (χ3v) is 1.71. The van der Waals surface area contributed by atoms with Crippen LogP contribution in [0.2, 0.25) is 0 Å². The smallest absolute Gasteiger partial charge is 0.229 e. The minimum atomic E-state index is -1.07. The number of rotatable bonds is 2. The van der Waals surface area contributed by atoms with E-state index in [1.165, 1.54) is 13.2 Å². The maximum absolute atomic E-state index is 13.0. The van der Waals surface area contributed by atoms with Gasteiger partial charge in [0.2, 0.25) is 11.7 Å². The third kappa shape index (κ3) is 2.95. The lowest BCUT2D eigenvalue weighted by atomic mass is 10.2. The number of primary amides is 1. The molecule has 5 heteroatoms. The van der Waals surface area contributed by atoms with Crippen LogP contribution in [-0.4, -0.2) is 13.0 Å². The van der Waals surface area contributed by atoms with Gasteiger partial charge < -0.3 is 10.5 Å².